The molecule has 1 N–H and O–H groups in total. The minimum atomic E-state index is -0.185. The molecule has 9 heteroatoms. The third-order valence-corrected chi connectivity index (χ3v) is 7.25. The Kier molecular flexibility index (Phi) is 7.48. The number of likely N-dealkylation sites (tertiary alicyclic amines) is 1. The second kappa shape index (κ2) is 11.1. The van der Waals surface area contributed by atoms with E-state index in [-0.39, 0.29) is 11.9 Å². The molecule has 186 valence electrons. The summed E-state index contributed by atoms with van der Waals surface area (Å²) in [4.78, 5) is 19.6. The Balaban J connectivity index is 1.13. The number of piperidine rings is 1. The first-order chi connectivity index (χ1) is 17.5. The van der Waals surface area contributed by atoms with E-state index in [1.165, 1.54) is 29.2 Å². The number of carbonyl (C=O) groups excluding carboxylic acids is 1. The first-order valence-electron chi connectivity index (χ1n) is 12.2. The number of thioether (sulfide) groups is 1. The van der Waals surface area contributed by atoms with Crippen molar-refractivity contribution in [1.29, 1.82) is 0 Å². The summed E-state index contributed by atoms with van der Waals surface area (Å²) in [5.74, 6) is 1.56. The minimum absolute atomic E-state index is 0.148. The van der Waals surface area contributed by atoms with E-state index in [4.69, 9.17) is 4.42 Å². The maximum atomic E-state index is 12.8. The van der Waals surface area contributed by atoms with Gasteiger partial charge >= 0.3 is 0 Å². The van der Waals surface area contributed by atoms with E-state index in [9.17, 15) is 4.79 Å². The molecule has 1 aliphatic rings. The highest BCUT2D eigenvalue weighted by Gasteiger charge is 2.23. The lowest BCUT2D eigenvalue weighted by Gasteiger charge is -2.32. The van der Waals surface area contributed by atoms with Crippen LogP contribution in [0.25, 0.3) is 5.69 Å². The van der Waals surface area contributed by atoms with Gasteiger partial charge in [-0.15, -0.1) is 10.2 Å². The van der Waals surface area contributed by atoms with E-state index in [1.807, 2.05) is 29.7 Å². The number of aromatic nitrogens is 4. The van der Waals surface area contributed by atoms with Crippen molar-refractivity contribution in [3.8, 4) is 5.69 Å². The maximum absolute atomic E-state index is 12.8. The lowest BCUT2D eigenvalue weighted by Crippen LogP contribution is -2.44. The highest BCUT2D eigenvalue weighted by molar-refractivity contribution is 7.98. The van der Waals surface area contributed by atoms with Crippen molar-refractivity contribution in [1.82, 2.24) is 30.0 Å². The van der Waals surface area contributed by atoms with Crippen LogP contribution < -0.4 is 5.32 Å². The fraction of sp³-hybridized carbons (Fsp3) is 0.333. The van der Waals surface area contributed by atoms with E-state index in [0.717, 1.165) is 49.1 Å². The number of nitrogens with one attached hydrogen (secondary N) is 1. The Bertz CT molecular complexity index is 1310. The monoisotopic (exact) mass is 502 g/mol. The zero-order valence-corrected chi connectivity index (χ0v) is 21.4. The van der Waals surface area contributed by atoms with Crippen LogP contribution in [0.5, 0.6) is 0 Å². The molecule has 0 unspecified atom stereocenters. The summed E-state index contributed by atoms with van der Waals surface area (Å²) in [6.45, 7) is 6.86. The standard InChI is InChI=1S/C27H30N6O2S/c1-19-7-6-10-23(15-19)33-20(2)30-31-27(33)36-18-25-29-24(17-35-25)26(34)28-22-11-13-32(14-12-22)16-21-8-4-3-5-9-21/h3-10,15,17,22H,11-14,16,18H2,1-2H3,(H,28,34). The molecule has 3 heterocycles. The molecule has 2 aromatic heterocycles. The van der Waals surface area contributed by atoms with Gasteiger partial charge < -0.3 is 9.73 Å². The van der Waals surface area contributed by atoms with Crippen molar-refractivity contribution in [3.05, 3.63) is 89.4 Å². The number of hydrogen-bond donors (Lipinski definition) is 1. The van der Waals surface area contributed by atoms with Gasteiger partial charge in [0.15, 0.2) is 10.9 Å². The molecule has 0 saturated carbocycles. The number of amides is 1. The summed E-state index contributed by atoms with van der Waals surface area (Å²) < 4.78 is 7.61. The van der Waals surface area contributed by atoms with Crippen LogP contribution in [0.1, 0.15) is 46.2 Å². The third-order valence-electron chi connectivity index (χ3n) is 6.34. The fourth-order valence-corrected chi connectivity index (χ4v) is 5.30. The van der Waals surface area contributed by atoms with Crippen LogP contribution in [0.4, 0.5) is 0 Å². The zero-order valence-electron chi connectivity index (χ0n) is 20.6. The van der Waals surface area contributed by atoms with E-state index >= 15 is 0 Å². The summed E-state index contributed by atoms with van der Waals surface area (Å²) in [6, 6.07) is 18.9. The van der Waals surface area contributed by atoms with Gasteiger partial charge in [-0.05, 0) is 49.9 Å². The molecule has 0 bridgehead atoms. The topological polar surface area (TPSA) is 89.1 Å². The van der Waals surface area contributed by atoms with Crippen LogP contribution in [0.3, 0.4) is 0 Å². The Hall–Kier alpha value is -3.43. The summed E-state index contributed by atoms with van der Waals surface area (Å²) in [5, 5.41) is 12.4. The molecule has 1 aliphatic heterocycles. The highest BCUT2D eigenvalue weighted by atomic mass is 32.2. The molecule has 5 rings (SSSR count). The number of benzene rings is 2. The smallest absolute Gasteiger partial charge is 0.273 e. The van der Waals surface area contributed by atoms with Gasteiger partial charge in [-0.1, -0.05) is 54.2 Å². The van der Waals surface area contributed by atoms with E-state index in [2.05, 4.69) is 68.7 Å². The van der Waals surface area contributed by atoms with Gasteiger partial charge in [-0.2, -0.15) is 0 Å². The molecule has 36 heavy (non-hydrogen) atoms. The average Bonchev–Trinajstić information content (AvgIpc) is 3.51. The Morgan fingerprint density at radius 2 is 1.89 bits per heavy atom. The number of rotatable bonds is 8. The first kappa shape index (κ1) is 24.3. The Morgan fingerprint density at radius 3 is 2.67 bits per heavy atom. The van der Waals surface area contributed by atoms with Gasteiger partial charge in [0.1, 0.15) is 12.1 Å². The molecular formula is C27H30N6O2S. The SMILES string of the molecule is Cc1cccc(-n2c(C)nnc2SCc2nc(C(=O)NC3CCN(Cc4ccccc4)CC3)co2)c1. The molecule has 2 aromatic carbocycles. The number of nitrogens with zero attached hydrogens (tertiary/aromatic N) is 5. The molecule has 0 atom stereocenters. The van der Waals surface area contributed by atoms with Crippen molar-refractivity contribution >= 4 is 17.7 Å². The van der Waals surface area contributed by atoms with Gasteiger partial charge in [-0.3, -0.25) is 14.3 Å². The van der Waals surface area contributed by atoms with Crippen LogP contribution in [-0.2, 0) is 12.3 Å². The predicted octanol–water partition coefficient (Wildman–Crippen LogP) is 4.56. The molecule has 1 saturated heterocycles. The minimum Gasteiger partial charge on any atom is -0.447 e. The summed E-state index contributed by atoms with van der Waals surface area (Å²) in [6.07, 6.45) is 3.28. The molecule has 1 fully saturated rings. The highest BCUT2D eigenvalue weighted by Crippen LogP contribution is 2.25. The van der Waals surface area contributed by atoms with E-state index in [1.54, 1.807) is 0 Å². The molecule has 8 nitrogen and oxygen atoms in total. The van der Waals surface area contributed by atoms with Crippen molar-refractivity contribution < 1.29 is 9.21 Å². The van der Waals surface area contributed by atoms with Crippen LogP contribution in [0.15, 0.2) is 70.4 Å². The number of oxazole rings is 1. The Labute approximate surface area is 215 Å². The van der Waals surface area contributed by atoms with Gasteiger partial charge in [0, 0.05) is 31.4 Å². The normalized spacial score (nSPS) is 14.7. The molecular weight excluding hydrogens is 472 g/mol. The van der Waals surface area contributed by atoms with Crippen LogP contribution in [-0.4, -0.2) is 49.7 Å². The fourth-order valence-electron chi connectivity index (χ4n) is 4.44. The van der Waals surface area contributed by atoms with Gasteiger partial charge in [-0.25, -0.2) is 4.98 Å². The quantitative estimate of drug-likeness (QED) is 0.353. The molecule has 0 radical (unpaired) electrons. The lowest BCUT2D eigenvalue weighted by atomic mass is 10.0. The van der Waals surface area contributed by atoms with Crippen molar-refractivity contribution in [2.45, 2.75) is 50.2 Å². The summed E-state index contributed by atoms with van der Waals surface area (Å²) >= 11 is 1.48. The van der Waals surface area contributed by atoms with Crippen LogP contribution >= 0.6 is 11.8 Å². The third kappa shape index (κ3) is 5.85. The van der Waals surface area contributed by atoms with E-state index < -0.39 is 0 Å². The number of hydrogen-bond acceptors (Lipinski definition) is 7. The number of carbonyl (C=O) groups is 1. The Morgan fingerprint density at radius 1 is 1.08 bits per heavy atom. The first-order valence-corrected chi connectivity index (χ1v) is 13.2. The van der Waals surface area contributed by atoms with Crippen LogP contribution in [0.2, 0.25) is 0 Å². The average molecular weight is 503 g/mol. The van der Waals surface area contributed by atoms with Gasteiger partial charge in [0.05, 0.1) is 5.75 Å². The second-order valence-electron chi connectivity index (χ2n) is 9.13. The summed E-state index contributed by atoms with van der Waals surface area (Å²) in [5.41, 5.74) is 3.82. The summed E-state index contributed by atoms with van der Waals surface area (Å²) in [7, 11) is 0. The van der Waals surface area contributed by atoms with Gasteiger partial charge in [0.2, 0.25) is 5.89 Å². The van der Waals surface area contributed by atoms with E-state index in [0.29, 0.717) is 17.3 Å². The van der Waals surface area contributed by atoms with Crippen molar-refractivity contribution in [3.63, 3.8) is 0 Å². The second-order valence-corrected chi connectivity index (χ2v) is 10.1. The largest absolute Gasteiger partial charge is 0.447 e. The lowest BCUT2D eigenvalue weighted by molar-refractivity contribution is 0.0904. The maximum Gasteiger partial charge on any atom is 0.273 e. The predicted molar refractivity (Wildman–Crippen MR) is 139 cm³/mol. The molecule has 1 amide bonds. The molecule has 4 aromatic rings. The zero-order chi connectivity index (χ0) is 24.9. The van der Waals surface area contributed by atoms with Crippen molar-refractivity contribution in [2.75, 3.05) is 13.1 Å². The van der Waals surface area contributed by atoms with Gasteiger partial charge in [0.25, 0.3) is 5.91 Å². The molecule has 0 spiro atoms. The number of aryl methyl sites for hydroxylation is 2. The van der Waals surface area contributed by atoms with Crippen LogP contribution in [0, 0.1) is 13.8 Å². The van der Waals surface area contributed by atoms with Crippen molar-refractivity contribution in [2.24, 2.45) is 0 Å². The molecule has 0 aliphatic carbocycles.